The third-order valence-corrected chi connectivity index (χ3v) is 6.82. The number of hydrogen-bond donors (Lipinski definition) is 1. The Kier molecular flexibility index (Phi) is 4.66. The molecule has 0 amide bonds. The highest BCUT2D eigenvalue weighted by Crippen LogP contribution is 2.35. The van der Waals surface area contributed by atoms with Crippen LogP contribution in [0.25, 0.3) is 0 Å². The van der Waals surface area contributed by atoms with Crippen molar-refractivity contribution in [3.05, 3.63) is 27.2 Å². The van der Waals surface area contributed by atoms with Crippen molar-refractivity contribution in [3.63, 3.8) is 0 Å². The zero-order valence-electron chi connectivity index (χ0n) is 11.7. The predicted molar refractivity (Wildman–Crippen MR) is 82.2 cm³/mol. The van der Waals surface area contributed by atoms with Gasteiger partial charge in [-0.2, -0.15) is 4.31 Å². The van der Waals surface area contributed by atoms with Gasteiger partial charge in [0.2, 0.25) is 10.0 Å². The van der Waals surface area contributed by atoms with Gasteiger partial charge >= 0.3 is 0 Å². The van der Waals surface area contributed by atoms with Crippen LogP contribution < -0.4 is 5.32 Å². The SMILES string of the molecule is CCN(C1CNC1)S(=O)(=O)c1c(C)c(Cl)cc(C)c1Cl. The second-order valence-electron chi connectivity index (χ2n) is 4.96. The Bertz CT molecular complexity index is 601. The van der Waals surface area contributed by atoms with Gasteiger partial charge < -0.3 is 5.32 Å². The standard InChI is InChI=1S/C13H18Cl2N2O2S/c1-4-17(10-6-16-7-10)20(18,19)13-9(3)11(14)5-8(2)12(13)15/h5,10,16H,4,6-7H2,1-3H3. The third kappa shape index (κ3) is 2.57. The fraction of sp³-hybridized carbons (Fsp3) is 0.538. The summed E-state index contributed by atoms with van der Waals surface area (Å²) in [6, 6.07) is 1.68. The molecule has 0 aliphatic carbocycles. The molecular weight excluding hydrogens is 319 g/mol. The van der Waals surface area contributed by atoms with Crippen LogP contribution in [0.15, 0.2) is 11.0 Å². The van der Waals surface area contributed by atoms with E-state index in [1.54, 1.807) is 19.9 Å². The van der Waals surface area contributed by atoms with E-state index in [2.05, 4.69) is 5.32 Å². The van der Waals surface area contributed by atoms with Crippen LogP contribution in [-0.2, 0) is 10.0 Å². The van der Waals surface area contributed by atoms with Crippen molar-refractivity contribution in [1.29, 1.82) is 0 Å². The highest BCUT2D eigenvalue weighted by Gasteiger charge is 2.36. The first-order valence-electron chi connectivity index (χ1n) is 6.48. The van der Waals surface area contributed by atoms with Gasteiger partial charge in [0.1, 0.15) is 4.90 Å². The summed E-state index contributed by atoms with van der Waals surface area (Å²) in [5, 5.41) is 3.77. The Morgan fingerprint density at radius 3 is 2.40 bits per heavy atom. The van der Waals surface area contributed by atoms with Crippen LogP contribution in [0.3, 0.4) is 0 Å². The number of nitrogens with one attached hydrogen (secondary N) is 1. The molecule has 0 saturated carbocycles. The Morgan fingerprint density at radius 1 is 1.35 bits per heavy atom. The fourth-order valence-electron chi connectivity index (χ4n) is 2.34. The Morgan fingerprint density at radius 2 is 1.95 bits per heavy atom. The number of nitrogens with zero attached hydrogens (tertiary/aromatic N) is 1. The van der Waals surface area contributed by atoms with Crippen molar-refractivity contribution in [2.45, 2.75) is 31.7 Å². The molecule has 0 unspecified atom stereocenters. The topological polar surface area (TPSA) is 49.4 Å². The van der Waals surface area contributed by atoms with Crippen molar-refractivity contribution >= 4 is 33.2 Å². The summed E-state index contributed by atoms with van der Waals surface area (Å²) in [6.07, 6.45) is 0. The molecule has 0 radical (unpaired) electrons. The smallest absolute Gasteiger partial charge is 0.245 e. The Labute approximate surface area is 130 Å². The molecule has 1 aliphatic rings. The van der Waals surface area contributed by atoms with Gasteiger partial charge in [-0.15, -0.1) is 0 Å². The molecule has 0 spiro atoms. The molecule has 1 aliphatic heterocycles. The van der Waals surface area contributed by atoms with Crippen LogP contribution >= 0.6 is 23.2 Å². The fourth-order valence-corrected chi connectivity index (χ4v) is 5.14. The molecule has 20 heavy (non-hydrogen) atoms. The van der Waals surface area contributed by atoms with E-state index < -0.39 is 10.0 Å². The molecule has 4 nitrogen and oxygen atoms in total. The summed E-state index contributed by atoms with van der Waals surface area (Å²) < 4.78 is 27.3. The van der Waals surface area contributed by atoms with Gasteiger partial charge in [0, 0.05) is 24.7 Å². The zero-order chi connectivity index (χ0) is 15.1. The van der Waals surface area contributed by atoms with Gasteiger partial charge in [-0.05, 0) is 31.0 Å². The monoisotopic (exact) mass is 336 g/mol. The van der Waals surface area contributed by atoms with Crippen LogP contribution in [0.5, 0.6) is 0 Å². The van der Waals surface area contributed by atoms with Crippen molar-refractivity contribution < 1.29 is 8.42 Å². The number of hydrogen-bond acceptors (Lipinski definition) is 3. The van der Waals surface area contributed by atoms with Crippen molar-refractivity contribution in [2.75, 3.05) is 19.6 Å². The number of benzene rings is 1. The average Bonchev–Trinajstić information content (AvgIpc) is 2.30. The molecule has 7 heteroatoms. The number of halogens is 2. The molecule has 0 atom stereocenters. The Balaban J connectivity index is 2.59. The maximum atomic E-state index is 12.9. The lowest BCUT2D eigenvalue weighted by Gasteiger charge is -2.37. The van der Waals surface area contributed by atoms with E-state index >= 15 is 0 Å². The van der Waals surface area contributed by atoms with E-state index in [0.717, 1.165) is 0 Å². The molecule has 1 aromatic rings. The number of aryl methyl sites for hydroxylation is 1. The van der Waals surface area contributed by atoms with Gasteiger partial charge in [0.25, 0.3) is 0 Å². The highest BCUT2D eigenvalue weighted by molar-refractivity contribution is 7.89. The van der Waals surface area contributed by atoms with Crippen LogP contribution in [-0.4, -0.2) is 38.4 Å². The summed E-state index contributed by atoms with van der Waals surface area (Å²) in [6.45, 7) is 7.03. The maximum Gasteiger partial charge on any atom is 0.245 e. The highest BCUT2D eigenvalue weighted by atomic mass is 35.5. The lowest BCUT2D eigenvalue weighted by atomic mass is 10.2. The summed E-state index contributed by atoms with van der Waals surface area (Å²) in [5.74, 6) is 0. The minimum Gasteiger partial charge on any atom is -0.313 e. The molecule has 1 aromatic carbocycles. The van der Waals surface area contributed by atoms with Crippen molar-refractivity contribution in [1.82, 2.24) is 9.62 Å². The van der Waals surface area contributed by atoms with Gasteiger partial charge in [0.15, 0.2) is 0 Å². The first kappa shape index (κ1) is 16.0. The molecular formula is C13H18Cl2N2O2S. The average molecular weight is 337 g/mol. The number of sulfonamides is 1. The first-order chi connectivity index (χ1) is 9.30. The molecule has 0 aromatic heterocycles. The molecule has 0 bridgehead atoms. The molecule has 2 rings (SSSR count). The number of likely N-dealkylation sites (N-methyl/N-ethyl adjacent to an activating group) is 1. The third-order valence-electron chi connectivity index (χ3n) is 3.63. The zero-order valence-corrected chi connectivity index (χ0v) is 14.0. The first-order valence-corrected chi connectivity index (χ1v) is 8.68. The number of rotatable bonds is 4. The molecule has 1 heterocycles. The van der Waals surface area contributed by atoms with E-state index in [9.17, 15) is 8.42 Å². The minimum absolute atomic E-state index is 0.0141. The summed E-state index contributed by atoms with van der Waals surface area (Å²) in [5.41, 5.74) is 1.18. The van der Waals surface area contributed by atoms with Crippen LogP contribution in [0.2, 0.25) is 10.0 Å². The summed E-state index contributed by atoms with van der Waals surface area (Å²) in [4.78, 5) is 0.137. The molecule has 1 N–H and O–H groups in total. The molecule has 112 valence electrons. The minimum atomic E-state index is -3.64. The van der Waals surface area contributed by atoms with Crippen molar-refractivity contribution in [3.8, 4) is 0 Å². The maximum absolute atomic E-state index is 12.9. The van der Waals surface area contributed by atoms with Gasteiger partial charge in [-0.25, -0.2) is 8.42 Å². The predicted octanol–water partition coefficient (Wildman–Crippen LogP) is 2.59. The largest absolute Gasteiger partial charge is 0.313 e. The summed E-state index contributed by atoms with van der Waals surface area (Å²) in [7, 11) is -3.64. The van der Waals surface area contributed by atoms with Gasteiger partial charge in [-0.3, -0.25) is 0 Å². The van der Waals surface area contributed by atoms with Gasteiger partial charge in [-0.1, -0.05) is 30.1 Å². The summed E-state index contributed by atoms with van der Waals surface area (Å²) >= 11 is 12.4. The van der Waals surface area contributed by atoms with E-state index in [-0.39, 0.29) is 16.0 Å². The quantitative estimate of drug-likeness (QED) is 0.919. The van der Waals surface area contributed by atoms with E-state index in [1.807, 2.05) is 6.92 Å². The lowest BCUT2D eigenvalue weighted by Crippen LogP contribution is -2.58. The molecule has 1 fully saturated rings. The van der Waals surface area contributed by atoms with Crippen molar-refractivity contribution in [2.24, 2.45) is 0 Å². The normalized spacial score (nSPS) is 16.5. The molecule has 1 saturated heterocycles. The van der Waals surface area contributed by atoms with Crippen LogP contribution in [0, 0.1) is 13.8 Å². The second kappa shape index (κ2) is 5.81. The second-order valence-corrected chi connectivity index (χ2v) is 7.58. The Hall–Kier alpha value is -0.330. The van der Waals surface area contributed by atoms with Crippen LogP contribution in [0.1, 0.15) is 18.1 Å². The van der Waals surface area contributed by atoms with Gasteiger partial charge in [0.05, 0.1) is 11.1 Å². The lowest BCUT2D eigenvalue weighted by molar-refractivity contribution is 0.249. The van der Waals surface area contributed by atoms with E-state index in [1.165, 1.54) is 4.31 Å². The van der Waals surface area contributed by atoms with E-state index in [4.69, 9.17) is 23.2 Å². The van der Waals surface area contributed by atoms with E-state index in [0.29, 0.717) is 35.8 Å². The van der Waals surface area contributed by atoms with Crippen LogP contribution in [0.4, 0.5) is 0 Å².